The minimum Gasteiger partial charge on any atom is -0.486 e. The molecule has 0 bridgehead atoms. The molecule has 0 aliphatic carbocycles. The summed E-state index contributed by atoms with van der Waals surface area (Å²) in [4.78, 5) is 17.3. The third kappa shape index (κ3) is 3.08. The predicted octanol–water partition coefficient (Wildman–Crippen LogP) is 2.41. The Balaban J connectivity index is 1.43. The molecule has 156 valence electrons. The van der Waals surface area contributed by atoms with Crippen LogP contribution in [0.3, 0.4) is 0 Å². The molecule has 0 unspecified atom stereocenters. The number of hydrogen-bond acceptors (Lipinski definition) is 6. The van der Waals surface area contributed by atoms with Gasteiger partial charge in [0.25, 0.3) is 5.91 Å². The van der Waals surface area contributed by atoms with E-state index in [0.717, 1.165) is 47.8 Å². The summed E-state index contributed by atoms with van der Waals surface area (Å²) in [6.07, 6.45) is 3.68. The molecule has 5 rings (SSSR count). The van der Waals surface area contributed by atoms with Crippen molar-refractivity contribution in [3.05, 3.63) is 53.2 Å². The van der Waals surface area contributed by atoms with Crippen LogP contribution in [0.4, 0.5) is 0 Å². The van der Waals surface area contributed by atoms with E-state index in [1.165, 1.54) is 0 Å². The van der Waals surface area contributed by atoms with Gasteiger partial charge in [-0.1, -0.05) is 11.2 Å². The number of likely N-dealkylation sites (N-methyl/N-ethyl adjacent to an activating group) is 1. The van der Waals surface area contributed by atoms with E-state index in [9.17, 15) is 4.79 Å². The SMILES string of the molecule is Cc1noc(C)c1CN1C[C@@H]2Oc3cc(-c4cnn(C)c4)ccc3C(=O)N(C)[C@@H]2C1. The normalized spacial score (nSPS) is 21.3. The first-order chi connectivity index (χ1) is 14.4. The maximum absolute atomic E-state index is 13.1. The van der Waals surface area contributed by atoms with Gasteiger partial charge in [0.05, 0.1) is 23.5 Å². The molecule has 8 nitrogen and oxygen atoms in total. The molecule has 8 heteroatoms. The van der Waals surface area contributed by atoms with E-state index >= 15 is 0 Å². The maximum atomic E-state index is 13.1. The number of amides is 1. The number of benzene rings is 1. The van der Waals surface area contributed by atoms with E-state index in [1.54, 1.807) is 4.68 Å². The Bertz CT molecular complexity index is 1100. The lowest BCUT2D eigenvalue weighted by Gasteiger charge is -2.25. The van der Waals surface area contributed by atoms with E-state index in [2.05, 4.69) is 15.2 Å². The van der Waals surface area contributed by atoms with Gasteiger partial charge in [0, 0.05) is 51.1 Å². The molecule has 2 aliphatic heterocycles. The Morgan fingerprint density at radius 2 is 2.00 bits per heavy atom. The molecule has 30 heavy (non-hydrogen) atoms. The van der Waals surface area contributed by atoms with Gasteiger partial charge in [-0.3, -0.25) is 14.4 Å². The van der Waals surface area contributed by atoms with Crippen molar-refractivity contribution in [2.75, 3.05) is 20.1 Å². The second-order valence-electron chi connectivity index (χ2n) is 8.25. The van der Waals surface area contributed by atoms with Gasteiger partial charge in [-0.2, -0.15) is 5.10 Å². The van der Waals surface area contributed by atoms with Gasteiger partial charge < -0.3 is 14.2 Å². The molecular weight excluding hydrogens is 382 g/mol. The van der Waals surface area contributed by atoms with Crippen LogP contribution in [-0.4, -0.2) is 62.9 Å². The molecule has 0 saturated carbocycles. The average Bonchev–Trinajstić information content (AvgIpc) is 3.41. The van der Waals surface area contributed by atoms with Gasteiger partial charge in [0.1, 0.15) is 17.6 Å². The van der Waals surface area contributed by atoms with Crippen molar-refractivity contribution in [1.82, 2.24) is 24.7 Å². The smallest absolute Gasteiger partial charge is 0.257 e. The molecule has 2 aliphatic rings. The van der Waals surface area contributed by atoms with Crippen LogP contribution in [0.1, 0.15) is 27.4 Å². The van der Waals surface area contributed by atoms with E-state index in [1.807, 2.05) is 63.4 Å². The highest BCUT2D eigenvalue weighted by atomic mass is 16.5. The molecule has 2 atom stereocenters. The number of likely N-dealkylation sites (tertiary alicyclic amines) is 1. The van der Waals surface area contributed by atoms with Gasteiger partial charge >= 0.3 is 0 Å². The van der Waals surface area contributed by atoms with Gasteiger partial charge in [-0.25, -0.2) is 0 Å². The zero-order valence-electron chi connectivity index (χ0n) is 17.6. The zero-order chi connectivity index (χ0) is 21.0. The fourth-order valence-corrected chi connectivity index (χ4v) is 4.45. The highest BCUT2D eigenvalue weighted by Crippen LogP contribution is 2.34. The number of nitrogens with zero attached hydrogens (tertiary/aromatic N) is 5. The second-order valence-corrected chi connectivity index (χ2v) is 8.25. The third-order valence-electron chi connectivity index (χ3n) is 6.22. The van der Waals surface area contributed by atoms with Gasteiger partial charge in [0.15, 0.2) is 0 Å². The van der Waals surface area contributed by atoms with Gasteiger partial charge in [-0.15, -0.1) is 0 Å². The minimum absolute atomic E-state index is 0.00516. The van der Waals surface area contributed by atoms with Crippen molar-refractivity contribution < 1.29 is 14.1 Å². The Labute approximate surface area is 175 Å². The van der Waals surface area contributed by atoms with E-state index in [-0.39, 0.29) is 18.1 Å². The molecule has 2 aromatic heterocycles. The molecule has 1 amide bonds. The van der Waals surface area contributed by atoms with Crippen molar-refractivity contribution in [3.8, 4) is 16.9 Å². The van der Waals surface area contributed by atoms with Crippen LogP contribution in [-0.2, 0) is 13.6 Å². The summed E-state index contributed by atoms with van der Waals surface area (Å²) in [7, 11) is 3.76. The Morgan fingerprint density at radius 3 is 2.70 bits per heavy atom. The van der Waals surface area contributed by atoms with Crippen LogP contribution in [0.25, 0.3) is 11.1 Å². The number of aryl methyl sites for hydroxylation is 3. The quantitative estimate of drug-likeness (QED) is 0.664. The number of aromatic nitrogens is 3. The van der Waals surface area contributed by atoms with Gasteiger partial charge in [-0.05, 0) is 31.5 Å². The summed E-state index contributed by atoms with van der Waals surface area (Å²) in [6, 6.07) is 5.76. The van der Waals surface area contributed by atoms with Crippen LogP contribution in [0, 0.1) is 13.8 Å². The number of fused-ring (bicyclic) bond motifs is 2. The maximum Gasteiger partial charge on any atom is 0.257 e. The highest BCUT2D eigenvalue weighted by Gasteiger charge is 2.42. The Morgan fingerprint density at radius 1 is 1.17 bits per heavy atom. The monoisotopic (exact) mass is 407 g/mol. The topological polar surface area (TPSA) is 76.6 Å². The van der Waals surface area contributed by atoms with Crippen LogP contribution < -0.4 is 4.74 Å². The Hall–Kier alpha value is -3.13. The lowest BCUT2D eigenvalue weighted by molar-refractivity contribution is 0.0682. The number of rotatable bonds is 3. The lowest BCUT2D eigenvalue weighted by Crippen LogP contribution is -2.44. The molecule has 1 saturated heterocycles. The van der Waals surface area contributed by atoms with E-state index in [4.69, 9.17) is 9.26 Å². The molecule has 0 radical (unpaired) electrons. The van der Waals surface area contributed by atoms with Crippen molar-refractivity contribution in [2.24, 2.45) is 7.05 Å². The lowest BCUT2D eigenvalue weighted by atomic mass is 10.1. The van der Waals surface area contributed by atoms with Crippen LogP contribution >= 0.6 is 0 Å². The fraction of sp³-hybridized carbons (Fsp3) is 0.409. The largest absolute Gasteiger partial charge is 0.486 e. The van der Waals surface area contributed by atoms with Crippen LogP contribution in [0.5, 0.6) is 5.75 Å². The molecule has 1 aromatic carbocycles. The summed E-state index contributed by atoms with van der Waals surface area (Å²) in [5.74, 6) is 1.48. The molecule has 3 aromatic rings. The van der Waals surface area contributed by atoms with Crippen molar-refractivity contribution in [3.63, 3.8) is 0 Å². The third-order valence-corrected chi connectivity index (χ3v) is 6.22. The fourth-order valence-electron chi connectivity index (χ4n) is 4.45. The van der Waals surface area contributed by atoms with Crippen molar-refractivity contribution >= 4 is 5.91 Å². The van der Waals surface area contributed by atoms with E-state index in [0.29, 0.717) is 11.3 Å². The zero-order valence-corrected chi connectivity index (χ0v) is 17.6. The van der Waals surface area contributed by atoms with Crippen molar-refractivity contribution in [2.45, 2.75) is 32.5 Å². The van der Waals surface area contributed by atoms with Gasteiger partial charge in [0.2, 0.25) is 0 Å². The first-order valence-corrected chi connectivity index (χ1v) is 10.1. The standard InChI is InChI=1S/C22H25N5O3/c1-13-18(14(2)30-24-13)10-27-11-19-21(12-27)29-20-7-15(16-8-23-25(3)9-16)5-6-17(20)22(28)26(19)4/h5-9,19,21H,10-12H2,1-4H3/t19-,21+/m1/s1. The number of ether oxygens (including phenoxy) is 1. The molecule has 0 spiro atoms. The molecule has 4 heterocycles. The number of carbonyl (C=O) groups is 1. The van der Waals surface area contributed by atoms with Crippen molar-refractivity contribution in [1.29, 1.82) is 0 Å². The Kier molecular flexibility index (Phi) is 4.39. The average molecular weight is 407 g/mol. The molecule has 0 N–H and O–H groups in total. The highest BCUT2D eigenvalue weighted by molar-refractivity contribution is 5.98. The first kappa shape index (κ1) is 18.9. The first-order valence-electron chi connectivity index (χ1n) is 10.1. The molecule has 1 fully saturated rings. The second kappa shape index (κ2) is 6.98. The summed E-state index contributed by atoms with van der Waals surface area (Å²) in [5, 5.41) is 8.30. The van der Waals surface area contributed by atoms with E-state index < -0.39 is 0 Å². The van der Waals surface area contributed by atoms with Crippen LogP contribution in [0.2, 0.25) is 0 Å². The minimum atomic E-state index is -0.0928. The van der Waals surface area contributed by atoms with Crippen LogP contribution in [0.15, 0.2) is 35.1 Å². The predicted molar refractivity (Wildman–Crippen MR) is 110 cm³/mol. The number of carbonyl (C=O) groups excluding carboxylic acids is 1. The molecular formula is C22H25N5O3. The summed E-state index contributed by atoms with van der Waals surface area (Å²) in [6.45, 7) is 6.12. The number of hydrogen-bond donors (Lipinski definition) is 0. The summed E-state index contributed by atoms with van der Waals surface area (Å²) in [5.41, 5.74) is 4.62. The summed E-state index contributed by atoms with van der Waals surface area (Å²) < 4.78 is 13.5. The summed E-state index contributed by atoms with van der Waals surface area (Å²) >= 11 is 0.